The Kier molecular flexibility index (Phi) is 2.12. The average Bonchev–Trinajstić information content (AvgIpc) is 1.83. The Labute approximate surface area is 57.1 Å². The van der Waals surface area contributed by atoms with Crippen LogP contribution in [0.2, 0.25) is 0 Å². The molecule has 1 aliphatic carbocycles. The molecule has 1 aliphatic rings. The largest absolute Gasteiger partial charge is 0.396 e. The summed E-state index contributed by atoms with van der Waals surface area (Å²) in [4.78, 5) is 0. The maximum atomic E-state index is 8.81. The maximum Gasteiger partial charge on any atom is 0.0462 e. The first kappa shape index (κ1) is 7.07. The van der Waals surface area contributed by atoms with Gasteiger partial charge in [0.25, 0.3) is 0 Å². The van der Waals surface area contributed by atoms with Gasteiger partial charge in [0.05, 0.1) is 0 Å². The van der Waals surface area contributed by atoms with E-state index in [1.165, 1.54) is 12.8 Å². The number of rotatable bonds is 2. The van der Waals surface area contributed by atoms with E-state index in [0.717, 1.165) is 11.8 Å². The lowest BCUT2D eigenvalue weighted by Crippen LogP contribution is -2.36. The van der Waals surface area contributed by atoms with Crippen molar-refractivity contribution < 1.29 is 5.11 Å². The lowest BCUT2D eigenvalue weighted by atomic mass is 9.65. The summed E-state index contributed by atoms with van der Waals surface area (Å²) in [6, 6.07) is 0. The van der Waals surface area contributed by atoms with Crippen molar-refractivity contribution in [1.82, 2.24) is 0 Å². The third-order valence-electron chi connectivity index (χ3n) is 2.72. The lowest BCUT2D eigenvalue weighted by Gasteiger charge is -2.41. The van der Waals surface area contributed by atoms with Crippen molar-refractivity contribution in [2.75, 3.05) is 6.61 Å². The first-order chi connectivity index (χ1) is 4.29. The van der Waals surface area contributed by atoms with Crippen LogP contribution in [-0.2, 0) is 0 Å². The molecule has 9 heavy (non-hydrogen) atoms. The van der Waals surface area contributed by atoms with E-state index in [1.807, 2.05) is 0 Å². The Morgan fingerprint density at radius 2 is 2.22 bits per heavy atom. The van der Waals surface area contributed by atoms with Crippen molar-refractivity contribution in [3.63, 3.8) is 0 Å². The molecular formula is C8H16O. The Morgan fingerprint density at radius 3 is 2.44 bits per heavy atom. The van der Waals surface area contributed by atoms with Gasteiger partial charge in [-0.25, -0.2) is 0 Å². The molecule has 0 aromatic heterocycles. The maximum absolute atomic E-state index is 8.81. The molecule has 3 atom stereocenters. The molecule has 0 saturated heterocycles. The van der Waals surface area contributed by atoms with E-state index in [9.17, 15) is 0 Å². The summed E-state index contributed by atoms with van der Waals surface area (Å²) in [5.74, 6) is 2.31. The van der Waals surface area contributed by atoms with Crippen LogP contribution >= 0.6 is 0 Å². The van der Waals surface area contributed by atoms with Crippen LogP contribution in [0.4, 0.5) is 0 Å². The molecule has 0 aromatic rings. The van der Waals surface area contributed by atoms with E-state index < -0.39 is 0 Å². The van der Waals surface area contributed by atoms with Crippen LogP contribution in [0.25, 0.3) is 0 Å². The second-order valence-corrected chi connectivity index (χ2v) is 3.23. The molecule has 0 radical (unpaired) electrons. The summed E-state index contributed by atoms with van der Waals surface area (Å²) in [6.45, 7) is 4.89. The van der Waals surface area contributed by atoms with Crippen molar-refractivity contribution in [3.8, 4) is 0 Å². The molecule has 0 spiro atoms. The van der Waals surface area contributed by atoms with Gasteiger partial charge in [0.1, 0.15) is 0 Å². The van der Waals surface area contributed by atoms with E-state index in [-0.39, 0.29) is 0 Å². The van der Waals surface area contributed by atoms with Gasteiger partial charge in [-0.3, -0.25) is 0 Å². The Balaban J connectivity index is 2.29. The molecule has 0 bridgehead atoms. The SMILES string of the molecule is CCC1C(C)CC1CO. The topological polar surface area (TPSA) is 20.2 Å². The van der Waals surface area contributed by atoms with E-state index in [1.54, 1.807) is 0 Å². The number of hydrogen-bond acceptors (Lipinski definition) is 1. The van der Waals surface area contributed by atoms with E-state index in [0.29, 0.717) is 12.5 Å². The predicted octanol–water partition coefficient (Wildman–Crippen LogP) is 1.66. The molecule has 0 heterocycles. The molecule has 54 valence electrons. The van der Waals surface area contributed by atoms with Gasteiger partial charge in [0.2, 0.25) is 0 Å². The summed E-state index contributed by atoms with van der Waals surface area (Å²) >= 11 is 0. The molecule has 3 unspecified atom stereocenters. The second kappa shape index (κ2) is 2.70. The summed E-state index contributed by atoms with van der Waals surface area (Å²) in [5, 5.41) is 8.81. The van der Waals surface area contributed by atoms with Gasteiger partial charge in [0, 0.05) is 6.61 Å². The zero-order valence-corrected chi connectivity index (χ0v) is 6.30. The highest BCUT2D eigenvalue weighted by Crippen LogP contribution is 2.41. The van der Waals surface area contributed by atoms with E-state index >= 15 is 0 Å². The second-order valence-electron chi connectivity index (χ2n) is 3.23. The van der Waals surface area contributed by atoms with Crippen LogP contribution in [0, 0.1) is 17.8 Å². The van der Waals surface area contributed by atoms with Gasteiger partial charge in [-0.2, -0.15) is 0 Å². The zero-order chi connectivity index (χ0) is 6.85. The zero-order valence-electron chi connectivity index (χ0n) is 6.30. The van der Waals surface area contributed by atoms with E-state index in [4.69, 9.17) is 5.11 Å². The number of hydrogen-bond donors (Lipinski definition) is 1. The predicted molar refractivity (Wildman–Crippen MR) is 38.1 cm³/mol. The van der Waals surface area contributed by atoms with Gasteiger partial charge < -0.3 is 5.11 Å². The lowest BCUT2D eigenvalue weighted by molar-refractivity contribution is 0.0305. The fourth-order valence-electron chi connectivity index (χ4n) is 2.04. The smallest absolute Gasteiger partial charge is 0.0462 e. The van der Waals surface area contributed by atoms with Crippen molar-refractivity contribution in [2.24, 2.45) is 17.8 Å². The quantitative estimate of drug-likeness (QED) is 0.599. The molecule has 1 N–H and O–H groups in total. The van der Waals surface area contributed by atoms with Crippen LogP contribution in [0.1, 0.15) is 26.7 Å². The van der Waals surface area contributed by atoms with Crippen LogP contribution in [0.3, 0.4) is 0 Å². The van der Waals surface area contributed by atoms with Gasteiger partial charge in [-0.15, -0.1) is 0 Å². The molecule has 0 amide bonds. The van der Waals surface area contributed by atoms with Gasteiger partial charge >= 0.3 is 0 Å². The molecule has 1 saturated carbocycles. The van der Waals surface area contributed by atoms with Crippen LogP contribution in [-0.4, -0.2) is 11.7 Å². The van der Waals surface area contributed by atoms with Crippen LogP contribution in [0.15, 0.2) is 0 Å². The molecule has 0 aliphatic heterocycles. The molecule has 1 heteroatoms. The average molecular weight is 128 g/mol. The van der Waals surface area contributed by atoms with Crippen molar-refractivity contribution >= 4 is 0 Å². The van der Waals surface area contributed by atoms with Gasteiger partial charge in [-0.05, 0) is 24.2 Å². The number of aliphatic hydroxyl groups excluding tert-OH is 1. The van der Waals surface area contributed by atoms with E-state index in [2.05, 4.69) is 13.8 Å². The minimum Gasteiger partial charge on any atom is -0.396 e. The van der Waals surface area contributed by atoms with Crippen molar-refractivity contribution in [3.05, 3.63) is 0 Å². The minimum absolute atomic E-state index is 0.406. The van der Waals surface area contributed by atoms with Gasteiger partial charge in [0.15, 0.2) is 0 Å². The van der Waals surface area contributed by atoms with Crippen molar-refractivity contribution in [1.29, 1.82) is 0 Å². The minimum atomic E-state index is 0.406. The first-order valence-corrected chi connectivity index (χ1v) is 3.90. The summed E-state index contributed by atoms with van der Waals surface area (Å²) in [5.41, 5.74) is 0. The van der Waals surface area contributed by atoms with Crippen LogP contribution in [0.5, 0.6) is 0 Å². The fraction of sp³-hybridized carbons (Fsp3) is 1.00. The molecular weight excluding hydrogens is 112 g/mol. The summed E-state index contributed by atoms with van der Waals surface area (Å²) < 4.78 is 0. The molecule has 0 aromatic carbocycles. The molecule has 1 nitrogen and oxygen atoms in total. The fourth-order valence-corrected chi connectivity index (χ4v) is 2.04. The molecule has 1 rings (SSSR count). The van der Waals surface area contributed by atoms with Gasteiger partial charge in [-0.1, -0.05) is 20.3 Å². The highest BCUT2D eigenvalue weighted by Gasteiger charge is 2.35. The Hall–Kier alpha value is -0.0400. The Bertz CT molecular complexity index is 90.6. The monoisotopic (exact) mass is 128 g/mol. The highest BCUT2D eigenvalue weighted by atomic mass is 16.3. The van der Waals surface area contributed by atoms with Crippen molar-refractivity contribution in [2.45, 2.75) is 26.7 Å². The molecule has 1 fully saturated rings. The normalized spacial score (nSPS) is 42.3. The third-order valence-corrected chi connectivity index (χ3v) is 2.72. The summed E-state index contributed by atoms with van der Waals surface area (Å²) in [7, 11) is 0. The highest BCUT2D eigenvalue weighted by molar-refractivity contribution is 4.84. The Morgan fingerprint density at radius 1 is 1.56 bits per heavy atom. The third kappa shape index (κ3) is 1.11. The summed E-state index contributed by atoms with van der Waals surface area (Å²) in [6.07, 6.45) is 2.49. The number of aliphatic hydroxyl groups is 1. The first-order valence-electron chi connectivity index (χ1n) is 3.90. The standard InChI is InChI=1S/C8H16O/c1-3-8-6(2)4-7(8)5-9/h6-9H,3-5H2,1-2H3. The van der Waals surface area contributed by atoms with Crippen LogP contribution < -0.4 is 0 Å².